The predicted molar refractivity (Wildman–Crippen MR) is 112 cm³/mol. The third kappa shape index (κ3) is 4.33. The number of hydrogen-bond donors (Lipinski definition) is 0. The standard InChI is InChI=1S/C21H20ClFN4O3/c1-3-25(4-2)19(28)18-20(29)26(13-14-5-9-16(23)10-6-14)21(30)27(24-18)17-11-7-15(22)8-12-17/h5-12H,3-4,13H2,1-2H3. The Morgan fingerprint density at radius 1 is 1.03 bits per heavy atom. The quantitative estimate of drug-likeness (QED) is 0.602. The van der Waals surface area contributed by atoms with Crippen LogP contribution in [-0.4, -0.2) is 38.2 Å². The summed E-state index contributed by atoms with van der Waals surface area (Å²) in [6.07, 6.45) is 0. The Labute approximate surface area is 176 Å². The Hall–Kier alpha value is -3.26. The van der Waals surface area contributed by atoms with E-state index in [2.05, 4.69) is 5.10 Å². The van der Waals surface area contributed by atoms with Gasteiger partial charge in [0.05, 0.1) is 12.2 Å². The van der Waals surface area contributed by atoms with Gasteiger partial charge in [-0.1, -0.05) is 23.7 Å². The summed E-state index contributed by atoms with van der Waals surface area (Å²) < 4.78 is 15.2. The fourth-order valence-electron chi connectivity index (χ4n) is 2.97. The maximum atomic E-state index is 13.2. The van der Waals surface area contributed by atoms with Gasteiger partial charge in [0.1, 0.15) is 5.82 Å². The van der Waals surface area contributed by atoms with Crippen LogP contribution in [0.15, 0.2) is 58.1 Å². The van der Waals surface area contributed by atoms with Crippen LogP contribution in [0.4, 0.5) is 4.39 Å². The lowest BCUT2D eigenvalue weighted by Gasteiger charge is -2.19. The molecule has 0 saturated heterocycles. The highest BCUT2D eigenvalue weighted by atomic mass is 35.5. The fraction of sp³-hybridized carbons (Fsp3) is 0.238. The largest absolute Gasteiger partial charge is 0.352 e. The molecule has 3 rings (SSSR count). The number of carbonyl (C=O) groups is 1. The third-order valence-electron chi connectivity index (χ3n) is 4.64. The summed E-state index contributed by atoms with van der Waals surface area (Å²) in [7, 11) is 0. The van der Waals surface area contributed by atoms with Crippen molar-refractivity contribution < 1.29 is 9.18 Å². The molecule has 0 aliphatic heterocycles. The second-order valence-corrected chi connectivity index (χ2v) is 6.95. The maximum Gasteiger partial charge on any atom is 0.352 e. The summed E-state index contributed by atoms with van der Waals surface area (Å²) in [5, 5.41) is 4.55. The minimum absolute atomic E-state index is 0.132. The number of amides is 1. The SMILES string of the molecule is CCN(CC)C(=O)c1nn(-c2ccc(Cl)cc2)c(=O)n(Cc2ccc(F)cc2)c1=O. The van der Waals surface area contributed by atoms with Crippen LogP contribution in [0.25, 0.3) is 5.69 Å². The van der Waals surface area contributed by atoms with Crippen molar-refractivity contribution in [2.45, 2.75) is 20.4 Å². The van der Waals surface area contributed by atoms with Gasteiger partial charge in [0.25, 0.3) is 11.5 Å². The summed E-state index contributed by atoms with van der Waals surface area (Å²) in [5.41, 5.74) is -0.999. The average molecular weight is 431 g/mol. The molecule has 0 fully saturated rings. The molecule has 0 aliphatic rings. The normalized spacial score (nSPS) is 10.8. The van der Waals surface area contributed by atoms with Crippen LogP contribution in [0.1, 0.15) is 29.9 Å². The van der Waals surface area contributed by atoms with Gasteiger partial charge in [-0.05, 0) is 55.8 Å². The Kier molecular flexibility index (Phi) is 6.47. The number of carbonyl (C=O) groups excluding carboxylic acids is 1. The topological polar surface area (TPSA) is 77.2 Å². The molecule has 0 N–H and O–H groups in total. The van der Waals surface area contributed by atoms with Gasteiger partial charge in [-0.2, -0.15) is 9.78 Å². The molecular weight excluding hydrogens is 411 g/mol. The zero-order valence-corrected chi connectivity index (χ0v) is 17.3. The Morgan fingerprint density at radius 3 is 2.20 bits per heavy atom. The molecule has 30 heavy (non-hydrogen) atoms. The first-order chi connectivity index (χ1) is 14.3. The molecule has 2 aromatic carbocycles. The van der Waals surface area contributed by atoms with E-state index in [0.29, 0.717) is 29.4 Å². The summed E-state index contributed by atoms with van der Waals surface area (Å²) in [5.74, 6) is -1.00. The molecule has 1 heterocycles. The smallest absolute Gasteiger partial charge is 0.338 e. The van der Waals surface area contributed by atoms with Crippen LogP contribution >= 0.6 is 11.6 Å². The van der Waals surface area contributed by atoms with Crippen molar-refractivity contribution in [2.75, 3.05) is 13.1 Å². The average Bonchev–Trinajstić information content (AvgIpc) is 2.74. The molecule has 1 aromatic heterocycles. The summed E-state index contributed by atoms with van der Waals surface area (Å²) in [4.78, 5) is 40.4. The van der Waals surface area contributed by atoms with E-state index in [-0.39, 0.29) is 12.2 Å². The number of halogens is 2. The van der Waals surface area contributed by atoms with E-state index in [0.717, 1.165) is 9.25 Å². The molecule has 0 radical (unpaired) electrons. The molecule has 3 aromatic rings. The zero-order chi connectivity index (χ0) is 21.8. The molecule has 0 aliphatic carbocycles. The Balaban J connectivity index is 2.22. The molecule has 0 saturated carbocycles. The summed E-state index contributed by atoms with van der Waals surface area (Å²) in [6, 6.07) is 11.7. The molecule has 0 atom stereocenters. The van der Waals surface area contributed by atoms with Crippen LogP contribution in [0.5, 0.6) is 0 Å². The lowest BCUT2D eigenvalue weighted by Crippen LogP contribution is -2.46. The Bertz CT molecular complexity index is 1170. The van der Waals surface area contributed by atoms with Crippen LogP contribution in [0.3, 0.4) is 0 Å². The number of rotatable bonds is 6. The minimum Gasteiger partial charge on any atom is -0.338 e. The van der Waals surface area contributed by atoms with E-state index < -0.39 is 23.0 Å². The minimum atomic E-state index is -0.800. The first-order valence-electron chi connectivity index (χ1n) is 9.39. The first-order valence-corrected chi connectivity index (χ1v) is 9.77. The fourth-order valence-corrected chi connectivity index (χ4v) is 3.10. The van der Waals surface area contributed by atoms with E-state index in [1.807, 2.05) is 0 Å². The second kappa shape index (κ2) is 9.04. The van der Waals surface area contributed by atoms with Crippen molar-refractivity contribution in [1.82, 2.24) is 19.2 Å². The molecule has 156 valence electrons. The molecule has 7 nitrogen and oxygen atoms in total. The number of aromatic nitrogens is 3. The molecule has 0 spiro atoms. The van der Waals surface area contributed by atoms with Gasteiger partial charge in [0, 0.05) is 18.1 Å². The highest BCUT2D eigenvalue weighted by Gasteiger charge is 2.23. The van der Waals surface area contributed by atoms with Crippen molar-refractivity contribution in [3.8, 4) is 5.69 Å². The van der Waals surface area contributed by atoms with E-state index in [9.17, 15) is 18.8 Å². The highest BCUT2D eigenvalue weighted by Crippen LogP contribution is 2.11. The number of hydrogen-bond acceptors (Lipinski definition) is 4. The molecular formula is C21H20ClFN4O3. The monoisotopic (exact) mass is 430 g/mol. The number of nitrogens with zero attached hydrogens (tertiary/aromatic N) is 4. The van der Waals surface area contributed by atoms with Crippen LogP contribution < -0.4 is 11.2 Å². The zero-order valence-electron chi connectivity index (χ0n) is 16.5. The second-order valence-electron chi connectivity index (χ2n) is 6.51. The van der Waals surface area contributed by atoms with E-state index in [1.54, 1.807) is 38.1 Å². The predicted octanol–water partition coefficient (Wildman–Crippen LogP) is 2.72. The van der Waals surface area contributed by atoms with Crippen LogP contribution in [-0.2, 0) is 6.54 Å². The van der Waals surface area contributed by atoms with Crippen LogP contribution in [0, 0.1) is 5.82 Å². The van der Waals surface area contributed by atoms with Gasteiger partial charge in [-0.15, -0.1) is 0 Å². The van der Waals surface area contributed by atoms with Gasteiger partial charge >= 0.3 is 5.69 Å². The van der Waals surface area contributed by atoms with E-state index in [4.69, 9.17) is 11.6 Å². The third-order valence-corrected chi connectivity index (χ3v) is 4.89. The van der Waals surface area contributed by atoms with E-state index >= 15 is 0 Å². The van der Waals surface area contributed by atoms with Crippen LogP contribution in [0.2, 0.25) is 5.02 Å². The first kappa shape index (κ1) is 21.4. The van der Waals surface area contributed by atoms with Gasteiger partial charge in [0.15, 0.2) is 0 Å². The Morgan fingerprint density at radius 2 is 1.63 bits per heavy atom. The van der Waals surface area contributed by atoms with E-state index in [1.165, 1.54) is 29.2 Å². The van der Waals surface area contributed by atoms with Gasteiger partial charge in [-0.25, -0.2) is 9.18 Å². The summed E-state index contributed by atoms with van der Waals surface area (Å²) in [6.45, 7) is 4.21. The van der Waals surface area contributed by atoms with Crippen molar-refractivity contribution in [1.29, 1.82) is 0 Å². The lowest BCUT2D eigenvalue weighted by molar-refractivity contribution is 0.0761. The molecule has 9 heteroatoms. The molecule has 1 amide bonds. The maximum absolute atomic E-state index is 13.2. The van der Waals surface area contributed by atoms with Crippen molar-refractivity contribution in [3.05, 3.63) is 91.5 Å². The lowest BCUT2D eigenvalue weighted by atomic mass is 10.2. The van der Waals surface area contributed by atoms with Crippen molar-refractivity contribution in [3.63, 3.8) is 0 Å². The van der Waals surface area contributed by atoms with Gasteiger partial charge in [0.2, 0.25) is 5.69 Å². The number of benzene rings is 2. The van der Waals surface area contributed by atoms with Crippen molar-refractivity contribution in [2.24, 2.45) is 0 Å². The van der Waals surface area contributed by atoms with Crippen molar-refractivity contribution >= 4 is 17.5 Å². The summed E-state index contributed by atoms with van der Waals surface area (Å²) >= 11 is 5.92. The van der Waals surface area contributed by atoms with Gasteiger partial charge < -0.3 is 4.90 Å². The molecule has 0 unspecified atom stereocenters. The highest BCUT2D eigenvalue weighted by molar-refractivity contribution is 6.30. The molecule has 0 bridgehead atoms. The van der Waals surface area contributed by atoms with Gasteiger partial charge in [-0.3, -0.25) is 14.2 Å².